The number of piperidine rings is 1. The Labute approximate surface area is 148 Å². The molecule has 2 aliphatic rings. The zero-order chi connectivity index (χ0) is 17.6. The van der Waals surface area contributed by atoms with Gasteiger partial charge in [0.05, 0.1) is 0 Å². The lowest BCUT2D eigenvalue weighted by molar-refractivity contribution is -0.136. The molecule has 1 aliphatic heterocycles. The highest BCUT2D eigenvalue weighted by molar-refractivity contribution is 5.80. The van der Waals surface area contributed by atoms with Crippen molar-refractivity contribution in [3.63, 3.8) is 0 Å². The molecule has 1 unspecified atom stereocenters. The molecule has 2 amide bonds. The smallest absolute Gasteiger partial charge is 0.223 e. The Balaban J connectivity index is 1.40. The lowest BCUT2D eigenvalue weighted by Gasteiger charge is -2.32. The molecule has 1 aliphatic carbocycles. The third kappa shape index (κ3) is 4.91. The van der Waals surface area contributed by atoms with Crippen LogP contribution in [0.15, 0.2) is 36.4 Å². The standard InChI is InChI=1S/C20H25FN2O2/c21-18-7-5-16(6-8-18)14-22-20(25)17-9-11-23(12-10-17)19(24)13-15-3-1-2-4-15/h1,3,5-8,15,17H,2,4,9-14H2,(H,22,25). The van der Waals surface area contributed by atoms with Gasteiger partial charge in [-0.25, -0.2) is 4.39 Å². The van der Waals surface area contributed by atoms with Gasteiger partial charge in [0.1, 0.15) is 5.82 Å². The van der Waals surface area contributed by atoms with Gasteiger partial charge in [-0.2, -0.15) is 0 Å². The number of hydrogen-bond acceptors (Lipinski definition) is 2. The Morgan fingerprint density at radius 3 is 2.48 bits per heavy atom. The molecule has 1 N–H and O–H groups in total. The van der Waals surface area contributed by atoms with Gasteiger partial charge in [0.15, 0.2) is 0 Å². The van der Waals surface area contributed by atoms with Gasteiger partial charge in [0.25, 0.3) is 0 Å². The van der Waals surface area contributed by atoms with Crippen molar-refractivity contribution >= 4 is 11.8 Å². The predicted molar refractivity (Wildman–Crippen MR) is 94.0 cm³/mol. The summed E-state index contributed by atoms with van der Waals surface area (Å²) in [6, 6.07) is 6.14. The van der Waals surface area contributed by atoms with E-state index >= 15 is 0 Å². The van der Waals surface area contributed by atoms with E-state index in [9.17, 15) is 14.0 Å². The van der Waals surface area contributed by atoms with Gasteiger partial charge < -0.3 is 10.2 Å². The third-order valence-corrected chi connectivity index (χ3v) is 5.15. The second-order valence-electron chi connectivity index (χ2n) is 6.97. The fourth-order valence-corrected chi connectivity index (χ4v) is 3.55. The zero-order valence-electron chi connectivity index (χ0n) is 14.4. The van der Waals surface area contributed by atoms with E-state index in [-0.39, 0.29) is 23.5 Å². The van der Waals surface area contributed by atoms with E-state index in [2.05, 4.69) is 17.5 Å². The molecular formula is C20H25FN2O2. The fourth-order valence-electron chi connectivity index (χ4n) is 3.55. The van der Waals surface area contributed by atoms with E-state index in [1.165, 1.54) is 12.1 Å². The Bertz CT molecular complexity index is 634. The van der Waals surface area contributed by atoms with Crippen LogP contribution in [0, 0.1) is 17.7 Å². The van der Waals surface area contributed by atoms with Crippen LogP contribution in [0.3, 0.4) is 0 Å². The average molecular weight is 344 g/mol. The van der Waals surface area contributed by atoms with Gasteiger partial charge in [-0.05, 0) is 49.3 Å². The lowest BCUT2D eigenvalue weighted by atomic mass is 9.95. The summed E-state index contributed by atoms with van der Waals surface area (Å²) >= 11 is 0. The maximum absolute atomic E-state index is 12.9. The Morgan fingerprint density at radius 1 is 1.12 bits per heavy atom. The fraction of sp³-hybridized carbons (Fsp3) is 0.500. The number of nitrogens with zero attached hydrogens (tertiary/aromatic N) is 1. The summed E-state index contributed by atoms with van der Waals surface area (Å²) in [4.78, 5) is 26.5. The van der Waals surface area contributed by atoms with Crippen molar-refractivity contribution < 1.29 is 14.0 Å². The zero-order valence-corrected chi connectivity index (χ0v) is 14.4. The van der Waals surface area contributed by atoms with Crippen LogP contribution < -0.4 is 5.32 Å². The summed E-state index contributed by atoms with van der Waals surface area (Å²) in [5, 5.41) is 2.92. The van der Waals surface area contributed by atoms with Crippen molar-refractivity contribution in [3.05, 3.63) is 47.8 Å². The van der Waals surface area contributed by atoms with E-state index in [0.29, 0.717) is 44.8 Å². The molecule has 1 aromatic carbocycles. The van der Waals surface area contributed by atoms with Crippen LogP contribution >= 0.6 is 0 Å². The maximum Gasteiger partial charge on any atom is 0.223 e. The number of hydrogen-bond donors (Lipinski definition) is 1. The first-order valence-corrected chi connectivity index (χ1v) is 9.08. The normalized spacial score (nSPS) is 20.7. The largest absolute Gasteiger partial charge is 0.352 e. The molecular weight excluding hydrogens is 319 g/mol. The summed E-state index contributed by atoms with van der Waals surface area (Å²) in [6.07, 6.45) is 8.46. The molecule has 1 fully saturated rings. The van der Waals surface area contributed by atoms with Crippen LogP contribution in [0.25, 0.3) is 0 Å². The highest BCUT2D eigenvalue weighted by Gasteiger charge is 2.28. The van der Waals surface area contributed by atoms with Crippen LogP contribution in [0.1, 0.15) is 37.7 Å². The molecule has 1 aromatic rings. The van der Waals surface area contributed by atoms with Crippen molar-refractivity contribution in [1.29, 1.82) is 0 Å². The summed E-state index contributed by atoms with van der Waals surface area (Å²) in [6.45, 7) is 1.72. The number of nitrogens with one attached hydrogen (secondary N) is 1. The molecule has 1 heterocycles. The van der Waals surface area contributed by atoms with E-state index in [1.54, 1.807) is 12.1 Å². The number of benzene rings is 1. The molecule has 3 rings (SSSR count). The number of likely N-dealkylation sites (tertiary alicyclic amines) is 1. The number of halogens is 1. The van der Waals surface area contributed by atoms with Gasteiger partial charge in [-0.1, -0.05) is 24.3 Å². The number of rotatable bonds is 5. The quantitative estimate of drug-likeness (QED) is 0.835. The van der Waals surface area contributed by atoms with Gasteiger partial charge in [0.2, 0.25) is 11.8 Å². The molecule has 1 saturated heterocycles. The maximum atomic E-state index is 12.9. The van der Waals surface area contributed by atoms with Crippen LogP contribution in [0.2, 0.25) is 0 Å². The Morgan fingerprint density at radius 2 is 1.84 bits per heavy atom. The van der Waals surface area contributed by atoms with Crippen LogP contribution in [0.4, 0.5) is 4.39 Å². The summed E-state index contributed by atoms with van der Waals surface area (Å²) in [5.74, 6) is 0.303. The second kappa shape index (κ2) is 8.28. The van der Waals surface area contributed by atoms with Crippen molar-refractivity contribution in [2.24, 2.45) is 11.8 Å². The van der Waals surface area contributed by atoms with Gasteiger partial charge in [-0.3, -0.25) is 9.59 Å². The Hall–Kier alpha value is -2.17. The van der Waals surface area contributed by atoms with Crippen molar-refractivity contribution in [2.45, 2.75) is 38.6 Å². The van der Waals surface area contributed by atoms with Crippen molar-refractivity contribution in [1.82, 2.24) is 10.2 Å². The SMILES string of the molecule is O=C(NCc1ccc(F)cc1)C1CCN(C(=O)CC2C=CCC2)CC1. The molecule has 1 atom stereocenters. The van der Waals surface area contributed by atoms with E-state index in [4.69, 9.17) is 0 Å². The number of carbonyl (C=O) groups is 2. The first-order valence-electron chi connectivity index (χ1n) is 9.08. The predicted octanol–water partition coefficient (Wildman–Crippen LogP) is 3.04. The number of amides is 2. The van der Waals surface area contributed by atoms with Crippen molar-refractivity contribution in [3.8, 4) is 0 Å². The molecule has 5 heteroatoms. The molecule has 0 bridgehead atoms. The highest BCUT2D eigenvalue weighted by atomic mass is 19.1. The minimum Gasteiger partial charge on any atom is -0.352 e. The summed E-state index contributed by atoms with van der Waals surface area (Å²) in [5.41, 5.74) is 0.881. The molecule has 0 spiro atoms. The van der Waals surface area contributed by atoms with E-state index in [0.717, 1.165) is 18.4 Å². The second-order valence-corrected chi connectivity index (χ2v) is 6.97. The minimum absolute atomic E-state index is 0.0233. The van der Waals surface area contributed by atoms with Gasteiger partial charge in [-0.15, -0.1) is 0 Å². The van der Waals surface area contributed by atoms with Crippen LogP contribution in [0.5, 0.6) is 0 Å². The third-order valence-electron chi connectivity index (χ3n) is 5.15. The highest BCUT2D eigenvalue weighted by Crippen LogP contribution is 2.24. The first kappa shape index (κ1) is 17.6. The lowest BCUT2D eigenvalue weighted by Crippen LogP contribution is -2.43. The molecule has 0 saturated carbocycles. The summed E-state index contributed by atoms with van der Waals surface area (Å²) < 4.78 is 12.9. The number of carbonyl (C=O) groups excluding carboxylic acids is 2. The molecule has 0 aromatic heterocycles. The van der Waals surface area contributed by atoms with Gasteiger partial charge >= 0.3 is 0 Å². The van der Waals surface area contributed by atoms with Crippen molar-refractivity contribution in [2.75, 3.05) is 13.1 Å². The molecule has 134 valence electrons. The van der Waals surface area contributed by atoms with Crippen LogP contribution in [-0.2, 0) is 16.1 Å². The first-order chi connectivity index (χ1) is 12.1. The minimum atomic E-state index is -0.278. The molecule has 4 nitrogen and oxygen atoms in total. The van der Waals surface area contributed by atoms with E-state index < -0.39 is 0 Å². The average Bonchev–Trinajstić information content (AvgIpc) is 3.14. The molecule has 25 heavy (non-hydrogen) atoms. The monoisotopic (exact) mass is 344 g/mol. The van der Waals surface area contributed by atoms with Gasteiger partial charge in [0, 0.05) is 32.0 Å². The topological polar surface area (TPSA) is 49.4 Å². The van der Waals surface area contributed by atoms with Crippen LogP contribution in [-0.4, -0.2) is 29.8 Å². The van der Waals surface area contributed by atoms with E-state index in [1.807, 2.05) is 4.90 Å². The molecule has 0 radical (unpaired) electrons. The summed E-state index contributed by atoms with van der Waals surface area (Å²) in [7, 11) is 0. The Kier molecular flexibility index (Phi) is 5.84. The number of allylic oxidation sites excluding steroid dienone is 2.